The van der Waals surface area contributed by atoms with Gasteiger partial charge in [0.1, 0.15) is 5.78 Å². The van der Waals surface area contributed by atoms with Gasteiger partial charge in [-0.05, 0) is 12.8 Å². The normalized spacial score (nSPS) is 13.7. The van der Waals surface area contributed by atoms with Gasteiger partial charge in [-0.15, -0.1) is 0 Å². The van der Waals surface area contributed by atoms with Crippen molar-refractivity contribution in [2.45, 2.75) is 86.0 Å². The lowest BCUT2D eigenvalue weighted by molar-refractivity contribution is -0.130. The summed E-state index contributed by atoms with van der Waals surface area (Å²) in [6.45, 7) is 10.6. The van der Waals surface area contributed by atoms with Crippen molar-refractivity contribution in [2.75, 3.05) is 0 Å². The van der Waals surface area contributed by atoms with E-state index < -0.39 is 0 Å². The molecule has 0 saturated heterocycles. The first kappa shape index (κ1) is 16.7. The van der Waals surface area contributed by atoms with Crippen LogP contribution in [0.1, 0.15) is 86.0 Å². The molecular weight excluding hydrogens is 208 g/mol. The van der Waals surface area contributed by atoms with E-state index in [4.69, 9.17) is 0 Å². The first-order valence-corrected chi connectivity index (χ1v) is 7.47. The van der Waals surface area contributed by atoms with Crippen LogP contribution >= 0.6 is 0 Å². The van der Waals surface area contributed by atoms with Crippen LogP contribution < -0.4 is 0 Å². The van der Waals surface area contributed by atoms with Crippen LogP contribution in [0, 0.1) is 11.3 Å². The topological polar surface area (TPSA) is 17.1 Å². The Hall–Kier alpha value is -0.330. The summed E-state index contributed by atoms with van der Waals surface area (Å²) in [5, 5.41) is 0. The van der Waals surface area contributed by atoms with Crippen LogP contribution in [0.15, 0.2) is 0 Å². The van der Waals surface area contributed by atoms with Gasteiger partial charge in [0.05, 0.1) is 0 Å². The fourth-order valence-electron chi connectivity index (χ4n) is 2.29. The molecule has 102 valence electrons. The van der Waals surface area contributed by atoms with Crippen LogP contribution in [0.4, 0.5) is 0 Å². The zero-order valence-electron chi connectivity index (χ0n) is 12.6. The molecule has 0 saturated carbocycles. The Kier molecular flexibility index (Phi) is 8.55. The fraction of sp³-hybridized carbons (Fsp3) is 0.938. The average Bonchev–Trinajstić information content (AvgIpc) is 2.26. The number of hydrogen-bond donors (Lipinski definition) is 0. The summed E-state index contributed by atoms with van der Waals surface area (Å²) in [7, 11) is 0. The minimum atomic E-state index is -0.164. The van der Waals surface area contributed by atoms with E-state index in [1.165, 1.54) is 38.5 Å². The molecule has 0 rings (SSSR count). The fourth-order valence-corrected chi connectivity index (χ4v) is 2.29. The molecule has 0 aromatic rings. The highest BCUT2D eigenvalue weighted by molar-refractivity contribution is 5.85. The van der Waals surface area contributed by atoms with E-state index in [9.17, 15) is 4.79 Å². The highest BCUT2D eigenvalue weighted by atomic mass is 16.1. The Morgan fingerprint density at radius 2 is 1.41 bits per heavy atom. The molecule has 0 radical (unpaired) electrons. The van der Waals surface area contributed by atoms with Gasteiger partial charge in [-0.1, -0.05) is 73.1 Å². The van der Waals surface area contributed by atoms with Crippen molar-refractivity contribution in [3.05, 3.63) is 0 Å². The summed E-state index contributed by atoms with van der Waals surface area (Å²) in [4.78, 5) is 12.3. The molecule has 0 fully saturated rings. The molecule has 0 amide bonds. The molecule has 0 bridgehead atoms. The van der Waals surface area contributed by atoms with E-state index in [-0.39, 0.29) is 5.41 Å². The molecule has 17 heavy (non-hydrogen) atoms. The summed E-state index contributed by atoms with van der Waals surface area (Å²) >= 11 is 0. The Morgan fingerprint density at radius 3 is 1.88 bits per heavy atom. The van der Waals surface area contributed by atoms with Gasteiger partial charge < -0.3 is 0 Å². The molecule has 0 spiro atoms. The summed E-state index contributed by atoms with van der Waals surface area (Å²) in [6.07, 6.45) is 9.69. The minimum absolute atomic E-state index is 0.164. The van der Waals surface area contributed by atoms with E-state index in [0.717, 1.165) is 12.8 Å². The van der Waals surface area contributed by atoms with Gasteiger partial charge in [-0.25, -0.2) is 0 Å². The maximum atomic E-state index is 12.3. The molecule has 0 aromatic heterocycles. The number of rotatable bonds is 9. The van der Waals surface area contributed by atoms with E-state index in [0.29, 0.717) is 11.7 Å². The van der Waals surface area contributed by atoms with Crippen molar-refractivity contribution in [3.63, 3.8) is 0 Å². The number of ketones is 1. The first-order valence-electron chi connectivity index (χ1n) is 7.47. The predicted molar refractivity (Wildman–Crippen MR) is 76.2 cm³/mol. The van der Waals surface area contributed by atoms with Crippen LogP contribution in [0.5, 0.6) is 0 Å². The summed E-state index contributed by atoms with van der Waals surface area (Å²) < 4.78 is 0. The summed E-state index contributed by atoms with van der Waals surface area (Å²) in [5.41, 5.74) is -0.164. The van der Waals surface area contributed by atoms with Crippen molar-refractivity contribution in [3.8, 4) is 0 Å². The molecule has 0 aliphatic rings. The van der Waals surface area contributed by atoms with Crippen LogP contribution in [0.25, 0.3) is 0 Å². The van der Waals surface area contributed by atoms with Crippen molar-refractivity contribution < 1.29 is 4.79 Å². The number of Topliss-reactive ketones (excluding diaryl/α,β-unsaturated/α-hetero) is 1. The lowest BCUT2D eigenvalue weighted by Crippen LogP contribution is -2.28. The highest BCUT2D eigenvalue weighted by Crippen LogP contribution is 2.27. The standard InChI is InChI=1S/C16H32O/c1-6-8-10-11-13-14(12-9-7-2)15(17)16(3,4)5/h14H,6-13H2,1-5H3. The maximum absolute atomic E-state index is 12.3. The van der Waals surface area contributed by atoms with E-state index in [1.807, 2.05) is 0 Å². The third-order valence-electron chi connectivity index (χ3n) is 3.42. The zero-order chi connectivity index (χ0) is 13.3. The largest absolute Gasteiger partial charge is 0.299 e. The highest BCUT2D eigenvalue weighted by Gasteiger charge is 2.28. The number of unbranched alkanes of at least 4 members (excludes halogenated alkanes) is 4. The van der Waals surface area contributed by atoms with Crippen LogP contribution in [0.3, 0.4) is 0 Å². The van der Waals surface area contributed by atoms with E-state index >= 15 is 0 Å². The van der Waals surface area contributed by atoms with Gasteiger partial charge in [0.2, 0.25) is 0 Å². The molecule has 1 unspecified atom stereocenters. The van der Waals surface area contributed by atoms with Crippen LogP contribution in [0.2, 0.25) is 0 Å². The van der Waals surface area contributed by atoms with Gasteiger partial charge in [0.15, 0.2) is 0 Å². The zero-order valence-corrected chi connectivity index (χ0v) is 12.6. The van der Waals surface area contributed by atoms with Gasteiger partial charge in [0, 0.05) is 11.3 Å². The third kappa shape index (κ3) is 7.57. The molecule has 1 atom stereocenters. The van der Waals surface area contributed by atoms with Gasteiger partial charge >= 0.3 is 0 Å². The Balaban J connectivity index is 4.18. The quantitative estimate of drug-likeness (QED) is 0.495. The molecule has 1 heteroatoms. The third-order valence-corrected chi connectivity index (χ3v) is 3.42. The summed E-state index contributed by atoms with van der Waals surface area (Å²) in [6, 6.07) is 0. The molecular formula is C16H32O. The van der Waals surface area contributed by atoms with E-state index in [2.05, 4.69) is 34.6 Å². The number of hydrogen-bond acceptors (Lipinski definition) is 1. The number of carbonyl (C=O) groups excluding carboxylic acids is 1. The van der Waals surface area contributed by atoms with Crippen LogP contribution in [-0.4, -0.2) is 5.78 Å². The Morgan fingerprint density at radius 1 is 0.882 bits per heavy atom. The molecule has 0 heterocycles. The van der Waals surface area contributed by atoms with Gasteiger partial charge in [-0.3, -0.25) is 4.79 Å². The van der Waals surface area contributed by atoms with Crippen molar-refractivity contribution in [1.29, 1.82) is 0 Å². The number of carbonyl (C=O) groups is 1. The van der Waals surface area contributed by atoms with Gasteiger partial charge in [-0.2, -0.15) is 0 Å². The lowest BCUT2D eigenvalue weighted by atomic mass is 9.79. The predicted octanol–water partition coefficient (Wildman–Crippen LogP) is 5.38. The molecule has 0 aliphatic carbocycles. The lowest BCUT2D eigenvalue weighted by Gasteiger charge is -2.24. The second kappa shape index (κ2) is 8.72. The molecule has 0 N–H and O–H groups in total. The SMILES string of the molecule is CCCCCCC(CCCC)C(=O)C(C)(C)C. The smallest absolute Gasteiger partial charge is 0.141 e. The second-order valence-corrected chi connectivity index (χ2v) is 6.30. The molecule has 0 aromatic carbocycles. The Labute approximate surface area is 108 Å². The second-order valence-electron chi connectivity index (χ2n) is 6.30. The maximum Gasteiger partial charge on any atom is 0.141 e. The first-order chi connectivity index (χ1) is 7.93. The van der Waals surface area contributed by atoms with Crippen molar-refractivity contribution >= 4 is 5.78 Å². The van der Waals surface area contributed by atoms with Crippen molar-refractivity contribution in [2.24, 2.45) is 11.3 Å². The molecule has 1 nitrogen and oxygen atoms in total. The van der Waals surface area contributed by atoms with E-state index in [1.54, 1.807) is 0 Å². The average molecular weight is 240 g/mol. The summed E-state index contributed by atoms with van der Waals surface area (Å²) in [5.74, 6) is 0.786. The van der Waals surface area contributed by atoms with Crippen LogP contribution in [-0.2, 0) is 4.79 Å². The monoisotopic (exact) mass is 240 g/mol. The van der Waals surface area contributed by atoms with Gasteiger partial charge in [0.25, 0.3) is 0 Å². The minimum Gasteiger partial charge on any atom is -0.299 e. The van der Waals surface area contributed by atoms with Crippen molar-refractivity contribution in [1.82, 2.24) is 0 Å². The molecule has 0 aliphatic heterocycles. The Bertz CT molecular complexity index is 200.